The summed E-state index contributed by atoms with van der Waals surface area (Å²) in [5.41, 5.74) is 0. The van der Waals surface area contributed by atoms with Crippen molar-refractivity contribution in [3.63, 3.8) is 0 Å². The number of hydrogen-bond donors (Lipinski definition) is 0. The normalized spacial score (nSPS) is 9.25. The van der Waals surface area contributed by atoms with Crippen LogP contribution in [0, 0.1) is 12.3 Å². The lowest BCUT2D eigenvalue weighted by molar-refractivity contribution is 0.281. The SMILES string of the molecule is C#CC[SiH](OC)OC. The standard InChI is InChI=1S/C5H10O2Si/c1-4-5-8(6-2)7-3/h1,8H,5H2,2-3H3. The first-order valence-corrected chi connectivity index (χ1v) is 4.10. The predicted octanol–water partition coefficient (Wildman–Crippen LogP) is 0.133. The summed E-state index contributed by atoms with van der Waals surface area (Å²) in [5, 5.41) is 0. The summed E-state index contributed by atoms with van der Waals surface area (Å²) in [6, 6.07) is 0.646. The fraction of sp³-hybridized carbons (Fsp3) is 0.600. The Morgan fingerprint density at radius 2 is 2.00 bits per heavy atom. The minimum atomic E-state index is -1.43. The maximum atomic E-state index is 5.01. The van der Waals surface area contributed by atoms with Crippen LogP contribution in [0.2, 0.25) is 6.04 Å². The van der Waals surface area contributed by atoms with Crippen molar-refractivity contribution >= 4 is 9.28 Å². The van der Waals surface area contributed by atoms with E-state index < -0.39 is 9.28 Å². The molecule has 0 spiro atoms. The molecule has 0 aromatic heterocycles. The number of rotatable bonds is 3. The van der Waals surface area contributed by atoms with E-state index in [-0.39, 0.29) is 0 Å². The summed E-state index contributed by atoms with van der Waals surface area (Å²) >= 11 is 0. The highest BCUT2D eigenvalue weighted by atomic mass is 28.3. The molecule has 0 aromatic rings. The Morgan fingerprint density at radius 1 is 1.50 bits per heavy atom. The summed E-state index contributed by atoms with van der Waals surface area (Å²) in [7, 11) is 1.82. The lowest BCUT2D eigenvalue weighted by Gasteiger charge is -2.04. The predicted molar refractivity (Wildman–Crippen MR) is 34.8 cm³/mol. The van der Waals surface area contributed by atoms with Crippen LogP contribution < -0.4 is 0 Å². The van der Waals surface area contributed by atoms with Gasteiger partial charge in [0.2, 0.25) is 0 Å². The first kappa shape index (κ1) is 7.70. The largest absolute Gasteiger partial charge is 0.399 e. The topological polar surface area (TPSA) is 18.5 Å². The van der Waals surface area contributed by atoms with E-state index in [0.29, 0.717) is 6.04 Å². The molecule has 0 atom stereocenters. The third-order valence-corrected chi connectivity index (χ3v) is 2.43. The molecule has 0 aliphatic rings. The van der Waals surface area contributed by atoms with E-state index in [0.717, 1.165) is 0 Å². The molecule has 0 saturated heterocycles. The lowest BCUT2D eigenvalue weighted by atomic mass is 10.8. The van der Waals surface area contributed by atoms with Crippen molar-refractivity contribution in [3.05, 3.63) is 0 Å². The zero-order valence-corrected chi connectivity index (χ0v) is 6.33. The molecule has 2 nitrogen and oxygen atoms in total. The van der Waals surface area contributed by atoms with Gasteiger partial charge in [0.15, 0.2) is 0 Å². The van der Waals surface area contributed by atoms with Crippen LogP contribution in [-0.4, -0.2) is 23.5 Å². The van der Waals surface area contributed by atoms with Crippen molar-refractivity contribution in [1.82, 2.24) is 0 Å². The Morgan fingerprint density at radius 3 is 2.12 bits per heavy atom. The highest BCUT2D eigenvalue weighted by Crippen LogP contribution is 1.89. The van der Waals surface area contributed by atoms with Crippen molar-refractivity contribution in [1.29, 1.82) is 0 Å². The fourth-order valence-electron chi connectivity index (χ4n) is 0.359. The van der Waals surface area contributed by atoms with Crippen molar-refractivity contribution in [2.75, 3.05) is 14.2 Å². The van der Waals surface area contributed by atoms with Crippen LogP contribution in [0.1, 0.15) is 0 Å². The summed E-state index contributed by atoms with van der Waals surface area (Å²) in [6.45, 7) is 0. The van der Waals surface area contributed by atoms with Crippen molar-refractivity contribution in [2.24, 2.45) is 0 Å². The summed E-state index contributed by atoms with van der Waals surface area (Å²) < 4.78 is 9.83. The first-order chi connectivity index (χ1) is 3.85. The van der Waals surface area contributed by atoms with Gasteiger partial charge in [-0.25, -0.2) is 0 Å². The molecule has 0 fully saturated rings. The van der Waals surface area contributed by atoms with Crippen LogP contribution in [-0.2, 0) is 8.85 Å². The van der Waals surface area contributed by atoms with E-state index in [1.54, 1.807) is 14.2 Å². The molecule has 0 aromatic carbocycles. The van der Waals surface area contributed by atoms with Gasteiger partial charge in [-0.3, -0.25) is 0 Å². The molecule has 0 aliphatic carbocycles. The lowest BCUT2D eigenvalue weighted by Crippen LogP contribution is -2.17. The van der Waals surface area contributed by atoms with E-state index in [1.807, 2.05) is 0 Å². The van der Waals surface area contributed by atoms with Gasteiger partial charge in [0, 0.05) is 20.3 Å². The summed E-state index contributed by atoms with van der Waals surface area (Å²) in [5.74, 6) is 2.48. The monoisotopic (exact) mass is 130 g/mol. The quantitative estimate of drug-likeness (QED) is 0.399. The van der Waals surface area contributed by atoms with E-state index in [1.165, 1.54) is 0 Å². The second-order valence-electron chi connectivity index (χ2n) is 1.31. The Hall–Kier alpha value is -0.303. The van der Waals surface area contributed by atoms with Crippen LogP contribution in [0.25, 0.3) is 0 Å². The average Bonchev–Trinajstić information content (AvgIpc) is 1.83. The summed E-state index contributed by atoms with van der Waals surface area (Å²) in [6.07, 6.45) is 5.01. The zero-order chi connectivity index (χ0) is 6.41. The molecule has 3 heteroatoms. The van der Waals surface area contributed by atoms with Gasteiger partial charge < -0.3 is 8.85 Å². The van der Waals surface area contributed by atoms with Crippen LogP contribution in [0.15, 0.2) is 0 Å². The van der Waals surface area contributed by atoms with Gasteiger partial charge in [0.05, 0.1) is 0 Å². The van der Waals surface area contributed by atoms with Gasteiger partial charge in [0.25, 0.3) is 0 Å². The van der Waals surface area contributed by atoms with Crippen molar-refractivity contribution in [3.8, 4) is 12.3 Å². The minimum Gasteiger partial charge on any atom is -0.399 e. The second-order valence-corrected chi connectivity index (χ2v) is 3.52. The Balaban J connectivity index is 3.25. The zero-order valence-electron chi connectivity index (χ0n) is 5.18. The van der Waals surface area contributed by atoms with Gasteiger partial charge in [-0.1, -0.05) is 0 Å². The fourth-order valence-corrected chi connectivity index (χ4v) is 1.08. The van der Waals surface area contributed by atoms with Gasteiger partial charge >= 0.3 is 9.28 Å². The smallest absolute Gasteiger partial charge is 0.333 e. The first-order valence-electron chi connectivity index (χ1n) is 2.34. The van der Waals surface area contributed by atoms with Gasteiger partial charge in [-0.05, 0) is 0 Å². The molecule has 8 heavy (non-hydrogen) atoms. The molecular formula is C5H10O2Si. The molecule has 0 aliphatic heterocycles. The maximum absolute atomic E-state index is 5.01. The highest BCUT2D eigenvalue weighted by Gasteiger charge is 2.04. The van der Waals surface area contributed by atoms with Crippen LogP contribution >= 0.6 is 0 Å². The molecule has 0 unspecified atom stereocenters. The van der Waals surface area contributed by atoms with Crippen LogP contribution in [0.3, 0.4) is 0 Å². The molecule has 46 valence electrons. The van der Waals surface area contributed by atoms with E-state index in [4.69, 9.17) is 15.3 Å². The molecule has 0 N–H and O–H groups in total. The summed E-state index contributed by atoms with van der Waals surface area (Å²) in [4.78, 5) is 0. The minimum absolute atomic E-state index is 0.646. The average molecular weight is 130 g/mol. The van der Waals surface area contributed by atoms with E-state index >= 15 is 0 Å². The number of terminal acetylenes is 1. The molecule has 0 bridgehead atoms. The molecule has 0 saturated carbocycles. The molecule has 0 amide bonds. The third kappa shape index (κ3) is 2.80. The van der Waals surface area contributed by atoms with Crippen molar-refractivity contribution in [2.45, 2.75) is 6.04 Å². The Labute approximate surface area is 51.6 Å². The maximum Gasteiger partial charge on any atom is 0.333 e. The van der Waals surface area contributed by atoms with Crippen LogP contribution in [0.4, 0.5) is 0 Å². The Bertz CT molecular complexity index is 82.9. The van der Waals surface area contributed by atoms with Gasteiger partial charge in [0.1, 0.15) is 0 Å². The number of hydrogen-bond acceptors (Lipinski definition) is 2. The van der Waals surface area contributed by atoms with E-state index in [2.05, 4.69) is 5.92 Å². The molecule has 0 radical (unpaired) electrons. The third-order valence-electron chi connectivity index (χ3n) is 0.810. The highest BCUT2D eigenvalue weighted by molar-refractivity contribution is 6.45. The van der Waals surface area contributed by atoms with Gasteiger partial charge in [-0.2, -0.15) is 0 Å². The Kier molecular flexibility index (Phi) is 4.66. The molecule has 0 heterocycles. The van der Waals surface area contributed by atoms with Gasteiger partial charge in [-0.15, -0.1) is 12.3 Å². The second kappa shape index (κ2) is 4.85. The van der Waals surface area contributed by atoms with Crippen molar-refractivity contribution < 1.29 is 8.85 Å². The van der Waals surface area contributed by atoms with Crippen LogP contribution in [0.5, 0.6) is 0 Å². The molecule has 0 rings (SSSR count). The molecular weight excluding hydrogens is 120 g/mol. The van der Waals surface area contributed by atoms with E-state index in [9.17, 15) is 0 Å².